The summed E-state index contributed by atoms with van der Waals surface area (Å²) in [6.45, 7) is 2.82. The zero-order valence-corrected chi connectivity index (χ0v) is 12.6. The van der Waals surface area contributed by atoms with E-state index in [1.165, 1.54) is 44.8 Å². The second-order valence-corrected chi connectivity index (χ2v) is 6.39. The van der Waals surface area contributed by atoms with E-state index in [2.05, 4.69) is 0 Å². The molecule has 3 nitrogen and oxygen atoms in total. The second kappa shape index (κ2) is 6.73. The Morgan fingerprint density at radius 1 is 1.14 bits per heavy atom. The molecule has 1 aromatic carbocycles. The van der Waals surface area contributed by atoms with Crippen LogP contribution in [-0.2, 0) is 4.74 Å². The predicted molar refractivity (Wildman–Crippen MR) is 77.7 cm³/mol. The second-order valence-electron chi connectivity index (χ2n) is 6.39. The lowest BCUT2D eigenvalue weighted by Gasteiger charge is -2.40. The lowest BCUT2D eigenvalue weighted by molar-refractivity contribution is -0.940. The van der Waals surface area contributed by atoms with E-state index in [1.54, 1.807) is 4.90 Å². The van der Waals surface area contributed by atoms with Crippen LogP contribution in [0.4, 0.5) is 8.78 Å². The molecule has 0 aliphatic carbocycles. The summed E-state index contributed by atoms with van der Waals surface area (Å²) in [6.07, 6.45) is 5.98. The number of nitrogens with one attached hydrogen (secondary N) is 1. The fourth-order valence-corrected chi connectivity index (χ4v) is 3.87. The molecular weight excluding hydrogens is 288 g/mol. The van der Waals surface area contributed by atoms with E-state index >= 15 is 0 Å². The van der Waals surface area contributed by atoms with Gasteiger partial charge in [-0.15, -0.1) is 0 Å². The van der Waals surface area contributed by atoms with Crippen molar-refractivity contribution in [2.24, 2.45) is 5.92 Å². The van der Waals surface area contributed by atoms with Crippen molar-refractivity contribution in [2.45, 2.75) is 38.1 Å². The van der Waals surface area contributed by atoms with Crippen LogP contribution in [0.2, 0.25) is 0 Å². The number of halogens is 2. The molecule has 2 aliphatic rings. The fraction of sp³-hybridized carbons (Fsp3) is 0.588. The molecule has 0 amide bonds. The lowest BCUT2D eigenvalue weighted by atomic mass is 9.84. The van der Waals surface area contributed by atoms with Crippen molar-refractivity contribution in [1.29, 1.82) is 0 Å². The Hall–Kier alpha value is -1.49. The first-order valence-electron chi connectivity index (χ1n) is 8.12. The topological polar surface area (TPSA) is 30.7 Å². The van der Waals surface area contributed by atoms with Gasteiger partial charge in [-0.2, -0.15) is 0 Å². The predicted octanol–water partition coefficient (Wildman–Crippen LogP) is 1.97. The van der Waals surface area contributed by atoms with Crippen LogP contribution in [0.1, 0.15) is 42.5 Å². The number of carbonyl (C=O) groups is 1. The molecule has 0 bridgehead atoms. The van der Waals surface area contributed by atoms with Crippen molar-refractivity contribution in [3.8, 4) is 0 Å². The van der Waals surface area contributed by atoms with Crippen molar-refractivity contribution in [1.82, 2.24) is 0 Å². The highest BCUT2D eigenvalue weighted by Crippen LogP contribution is 2.21. The van der Waals surface area contributed by atoms with Gasteiger partial charge in [-0.25, -0.2) is 13.6 Å². The summed E-state index contributed by atoms with van der Waals surface area (Å²) >= 11 is 0. The number of ether oxygens (including phenoxy) is 1. The number of hydrogen-bond acceptors (Lipinski definition) is 2. The Balaban J connectivity index is 1.59. The Bertz CT molecular complexity index is 547. The summed E-state index contributed by atoms with van der Waals surface area (Å²) in [5.74, 6) is -2.15. The number of quaternary nitrogens is 1. The van der Waals surface area contributed by atoms with Gasteiger partial charge in [-0.3, -0.25) is 0 Å². The van der Waals surface area contributed by atoms with Gasteiger partial charge in [0.05, 0.1) is 24.7 Å². The molecule has 2 heterocycles. The molecule has 120 valence electrons. The minimum Gasteiger partial charge on any atom is -0.462 e. The minimum atomic E-state index is -1.02. The molecule has 2 aliphatic heterocycles. The first-order valence-corrected chi connectivity index (χ1v) is 8.12. The van der Waals surface area contributed by atoms with Crippen LogP contribution < -0.4 is 4.90 Å². The third kappa shape index (κ3) is 3.29. The standard InChI is InChI=1S/C17H21F2NO2/c18-14-7-6-12(10-15(14)19)17(21)22-11-13-4-3-9-20-8-2-1-5-16(13)20/h6-7,10,13,16H,1-5,8-9,11H2/p+1/t13-,16+/m0/s1. The van der Waals surface area contributed by atoms with Gasteiger partial charge in [0.25, 0.3) is 0 Å². The molecule has 1 aromatic rings. The summed E-state index contributed by atoms with van der Waals surface area (Å²) in [7, 11) is 0. The molecule has 22 heavy (non-hydrogen) atoms. The fourth-order valence-electron chi connectivity index (χ4n) is 3.87. The normalized spacial score (nSPS) is 28.0. The molecule has 2 fully saturated rings. The molecule has 5 heteroatoms. The van der Waals surface area contributed by atoms with E-state index in [9.17, 15) is 13.6 Å². The van der Waals surface area contributed by atoms with Crippen LogP contribution in [0.25, 0.3) is 0 Å². The number of carbonyl (C=O) groups excluding carboxylic acids is 1. The number of fused-ring (bicyclic) bond motifs is 1. The maximum atomic E-state index is 13.2. The van der Waals surface area contributed by atoms with Gasteiger partial charge in [0, 0.05) is 5.92 Å². The first kappa shape index (κ1) is 15.4. The molecule has 2 saturated heterocycles. The van der Waals surface area contributed by atoms with Gasteiger partial charge < -0.3 is 9.64 Å². The molecule has 0 saturated carbocycles. The van der Waals surface area contributed by atoms with E-state index in [0.29, 0.717) is 18.6 Å². The highest BCUT2D eigenvalue weighted by atomic mass is 19.2. The Kier molecular flexibility index (Phi) is 4.71. The van der Waals surface area contributed by atoms with Crippen LogP contribution in [0.15, 0.2) is 18.2 Å². The maximum Gasteiger partial charge on any atom is 0.338 e. The van der Waals surface area contributed by atoms with Gasteiger partial charge in [0.2, 0.25) is 0 Å². The van der Waals surface area contributed by atoms with Crippen LogP contribution in [0.3, 0.4) is 0 Å². The maximum absolute atomic E-state index is 13.2. The molecule has 1 N–H and O–H groups in total. The average Bonchev–Trinajstić information content (AvgIpc) is 2.55. The van der Waals surface area contributed by atoms with Crippen molar-refractivity contribution in [2.75, 3.05) is 19.7 Å². The van der Waals surface area contributed by atoms with Crippen LogP contribution in [0, 0.1) is 17.6 Å². The van der Waals surface area contributed by atoms with Gasteiger partial charge in [0.15, 0.2) is 11.6 Å². The molecule has 0 spiro atoms. The quantitative estimate of drug-likeness (QED) is 0.865. The summed E-state index contributed by atoms with van der Waals surface area (Å²) < 4.78 is 31.4. The smallest absolute Gasteiger partial charge is 0.338 e. The van der Waals surface area contributed by atoms with E-state index in [-0.39, 0.29) is 5.56 Å². The van der Waals surface area contributed by atoms with Crippen molar-refractivity contribution >= 4 is 5.97 Å². The minimum absolute atomic E-state index is 0.0718. The summed E-state index contributed by atoms with van der Waals surface area (Å²) in [5, 5.41) is 0. The van der Waals surface area contributed by atoms with E-state index in [1.807, 2.05) is 0 Å². The van der Waals surface area contributed by atoms with Crippen LogP contribution >= 0.6 is 0 Å². The number of benzene rings is 1. The molecule has 3 atom stereocenters. The van der Waals surface area contributed by atoms with Gasteiger partial charge in [-0.05, 0) is 50.3 Å². The lowest BCUT2D eigenvalue weighted by Crippen LogP contribution is -3.18. The molecule has 0 aromatic heterocycles. The Morgan fingerprint density at radius 3 is 2.77 bits per heavy atom. The number of hydrogen-bond donors (Lipinski definition) is 1. The van der Waals surface area contributed by atoms with E-state index in [0.717, 1.165) is 18.6 Å². The van der Waals surface area contributed by atoms with Crippen molar-refractivity contribution in [3.05, 3.63) is 35.4 Å². The Labute approximate surface area is 129 Å². The molecule has 1 unspecified atom stereocenters. The van der Waals surface area contributed by atoms with Crippen LogP contribution in [0.5, 0.6) is 0 Å². The zero-order valence-electron chi connectivity index (χ0n) is 12.6. The first-order chi connectivity index (χ1) is 10.6. The SMILES string of the molecule is O=C(OC[C@@H]1CCC[NH+]2CCCC[C@H]12)c1ccc(F)c(F)c1. The highest BCUT2D eigenvalue weighted by Gasteiger charge is 2.37. The summed E-state index contributed by atoms with van der Waals surface area (Å²) in [5.41, 5.74) is 0.0718. The van der Waals surface area contributed by atoms with Crippen molar-refractivity contribution < 1.29 is 23.2 Å². The zero-order chi connectivity index (χ0) is 15.5. The average molecular weight is 310 g/mol. The summed E-state index contributed by atoms with van der Waals surface area (Å²) in [6, 6.07) is 3.70. The van der Waals surface area contributed by atoms with E-state index in [4.69, 9.17) is 4.74 Å². The van der Waals surface area contributed by atoms with E-state index < -0.39 is 17.6 Å². The molecule has 3 rings (SSSR count). The number of rotatable bonds is 3. The molecular formula is C17H22F2NO2+. The molecule has 0 radical (unpaired) electrons. The largest absolute Gasteiger partial charge is 0.462 e. The van der Waals surface area contributed by atoms with Gasteiger partial charge in [-0.1, -0.05) is 0 Å². The van der Waals surface area contributed by atoms with Crippen molar-refractivity contribution in [3.63, 3.8) is 0 Å². The van der Waals surface area contributed by atoms with Gasteiger partial charge >= 0.3 is 5.97 Å². The van der Waals surface area contributed by atoms with Crippen LogP contribution in [-0.4, -0.2) is 31.7 Å². The number of piperidine rings is 2. The highest BCUT2D eigenvalue weighted by molar-refractivity contribution is 5.89. The number of esters is 1. The third-order valence-corrected chi connectivity index (χ3v) is 5.01. The third-order valence-electron chi connectivity index (χ3n) is 5.01. The van der Waals surface area contributed by atoms with Gasteiger partial charge in [0.1, 0.15) is 6.61 Å². The summed E-state index contributed by atoms with van der Waals surface area (Å²) in [4.78, 5) is 13.6. The Morgan fingerprint density at radius 2 is 1.95 bits per heavy atom. The monoisotopic (exact) mass is 310 g/mol.